The Labute approximate surface area is 137 Å². The fourth-order valence-corrected chi connectivity index (χ4v) is 5.16. The molecule has 3 aliphatic carbocycles. The molecular weight excluding hydrogens is 292 g/mol. The number of hydrogen-bond donors (Lipinski definition) is 0. The SMILES string of the molecule is C=C(C)C(=O)OC(OC(=O)C(=C)C)C12CCC(C1)C1CCCC12. The smallest absolute Gasteiger partial charge is 0.336 e. The average molecular weight is 318 g/mol. The summed E-state index contributed by atoms with van der Waals surface area (Å²) in [6.45, 7) is 10.5. The minimum absolute atomic E-state index is 0.206. The Morgan fingerprint density at radius 3 is 2.22 bits per heavy atom. The van der Waals surface area contributed by atoms with Crippen LogP contribution in [0.4, 0.5) is 0 Å². The fraction of sp³-hybridized carbons (Fsp3) is 0.684. The Morgan fingerprint density at radius 1 is 1.04 bits per heavy atom. The van der Waals surface area contributed by atoms with Crippen LogP contribution in [0.5, 0.6) is 0 Å². The number of ether oxygens (including phenoxy) is 2. The lowest BCUT2D eigenvalue weighted by Crippen LogP contribution is -2.44. The summed E-state index contributed by atoms with van der Waals surface area (Å²) in [5, 5.41) is 0. The summed E-state index contributed by atoms with van der Waals surface area (Å²) < 4.78 is 11.2. The molecule has 0 radical (unpaired) electrons. The molecule has 3 fully saturated rings. The number of carbonyl (C=O) groups is 2. The molecular formula is C19H26O4. The van der Waals surface area contributed by atoms with E-state index in [2.05, 4.69) is 13.2 Å². The molecule has 126 valence electrons. The summed E-state index contributed by atoms with van der Waals surface area (Å²) in [6, 6.07) is 0. The van der Waals surface area contributed by atoms with Crippen LogP contribution in [-0.2, 0) is 19.1 Å². The lowest BCUT2D eigenvalue weighted by atomic mass is 9.71. The van der Waals surface area contributed by atoms with Gasteiger partial charge in [0.1, 0.15) is 0 Å². The molecule has 4 heteroatoms. The van der Waals surface area contributed by atoms with Crippen LogP contribution in [0, 0.1) is 23.2 Å². The van der Waals surface area contributed by atoms with Crippen LogP contribution in [0.1, 0.15) is 52.4 Å². The van der Waals surface area contributed by atoms with Crippen molar-refractivity contribution in [3.63, 3.8) is 0 Å². The zero-order chi connectivity index (χ0) is 16.8. The van der Waals surface area contributed by atoms with Gasteiger partial charge in [-0.3, -0.25) is 0 Å². The Bertz CT molecular complexity index is 536. The van der Waals surface area contributed by atoms with Crippen LogP contribution in [0.3, 0.4) is 0 Å². The van der Waals surface area contributed by atoms with E-state index in [0.717, 1.165) is 25.7 Å². The highest BCUT2D eigenvalue weighted by atomic mass is 16.7. The summed E-state index contributed by atoms with van der Waals surface area (Å²) in [5.41, 5.74) is 0.448. The van der Waals surface area contributed by atoms with E-state index >= 15 is 0 Å². The van der Waals surface area contributed by atoms with Crippen molar-refractivity contribution in [1.29, 1.82) is 0 Å². The molecule has 0 aromatic heterocycles. The first-order chi connectivity index (χ1) is 10.8. The van der Waals surface area contributed by atoms with Crippen LogP contribution >= 0.6 is 0 Å². The molecule has 0 heterocycles. The van der Waals surface area contributed by atoms with Gasteiger partial charge in [0.15, 0.2) is 0 Å². The molecule has 0 spiro atoms. The quantitative estimate of drug-likeness (QED) is 0.440. The van der Waals surface area contributed by atoms with Crippen LogP contribution in [0.25, 0.3) is 0 Å². The molecule has 4 atom stereocenters. The fourth-order valence-electron chi connectivity index (χ4n) is 5.16. The van der Waals surface area contributed by atoms with E-state index in [1.807, 2.05) is 0 Å². The highest BCUT2D eigenvalue weighted by molar-refractivity contribution is 5.88. The second-order valence-electron chi connectivity index (χ2n) is 7.64. The maximum atomic E-state index is 12.1. The van der Waals surface area contributed by atoms with E-state index in [1.165, 1.54) is 12.8 Å². The first-order valence-electron chi connectivity index (χ1n) is 8.58. The number of carbonyl (C=O) groups excluding carboxylic acids is 2. The van der Waals surface area contributed by atoms with Gasteiger partial charge < -0.3 is 9.47 Å². The predicted octanol–water partition coefficient (Wildman–Crippen LogP) is 3.77. The molecule has 0 aliphatic heterocycles. The normalized spacial score (nSPS) is 34.3. The highest BCUT2D eigenvalue weighted by Crippen LogP contribution is 2.67. The Morgan fingerprint density at radius 2 is 1.65 bits per heavy atom. The van der Waals surface area contributed by atoms with Crippen molar-refractivity contribution >= 4 is 11.9 Å². The van der Waals surface area contributed by atoms with Gasteiger partial charge in [0.05, 0.1) is 0 Å². The third kappa shape index (κ3) is 2.62. The number of fused-ring (bicyclic) bond motifs is 5. The van der Waals surface area contributed by atoms with Crippen molar-refractivity contribution in [2.24, 2.45) is 23.2 Å². The van der Waals surface area contributed by atoms with Crippen LogP contribution < -0.4 is 0 Å². The van der Waals surface area contributed by atoms with Gasteiger partial charge in [0.2, 0.25) is 0 Å². The van der Waals surface area contributed by atoms with E-state index in [1.54, 1.807) is 13.8 Å². The van der Waals surface area contributed by atoms with Gasteiger partial charge in [-0.15, -0.1) is 0 Å². The molecule has 3 saturated carbocycles. The minimum atomic E-state index is -0.811. The monoisotopic (exact) mass is 318 g/mol. The highest BCUT2D eigenvalue weighted by Gasteiger charge is 2.64. The molecule has 2 bridgehead atoms. The van der Waals surface area contributed by atoms with Gasteiger partial charge in [-0.25, -0.2) is 9.59 Å². The molecule has 0 N–H and O–H groups in total. The maximum Gasteiger partial charge on any atom is 0.336 e. The van der Waals surface area contributed by atoms with E-state index < -0.39 is 18.2 Å². The zero-order valence-corrected chi connectivity index (χ0v) is 14.1. The van der Waals surface area contributed by atoms with Crippen molar-refractivity contribution in [3.05, 3.63) is 24.3 Å². The first kappa shape index (κ1) is 16.3. The summed E-state index contributed by atoms with van der Waals surface area (Å²) >= 11 is 0. The predicted molar refractivity (Wildman–Crippen MR) is 86.2 cm³/mol. The number of esters is 2. The summed E-state index contributed by atoms with van der Waals surface area (Å²) in [7, 11) is 0. The molecule has 3 aliphatic rings. The van der Waals surface area contributed by atoms with Gasteiger partial charge in [0, 0.05) is 16.6 Å². The Kier molecular flexibility index (Phi) is 4.11. The molecule has 3 rings (SSSR count). The Balaban J connectivity index is 1.87. The number of hydrogen-bond acceptors (Lipinski definition) is 4. The molecule has 0 aromatic rings. The maximum absolute atomic E-state index is 12.1. The zero-order valence-electron chi connectivity index (χ0n) is 14.1. The van der Waals surface area contributed by atoms with E-state index in [9.17, 15) is 9.59 Å². The third-order valence-corrected chi connectivity index (χ3v) is 6.13. The summed E-state index contributed by atoms with van der Waals surface area (Å²) in [6.07, 6.45) is 5.93. The van der Waals surface area contributed by atoms with Crippen LogP contribution in [0.15, 0.2) is 24.3 Å². The second kappa shape index (κ2) is 5.81. The summed E-state index contributed by atoms with van der Waals surface area (Å²) in [4.78, 5) is 24.2. The largest absolute Gasteiger partial charge is 0.421 e. The first-order valence-corrected chi connectivity index (χ1v) is 8.58. The second-order valence-corrected chi connectivity index (χ2v) is 7.64. The molecule has 0 saturated heterocycles. The minimum Gasteiger partial charge on any atom is -0.421 e. The number of rotatable bonds is 5. The third-order valence-electron chi connectivity index (χ3n) is 6.13. The van der Waals surface area contributed by atoms with Crippen LogP contribution in [0.2, 0.25) is 0 Å². The van der Waals surface area contributed by atoms with E-state index in [-0.39, 0.29) is 5.41 Å². The van der Waals surface area contributed by atoms with Crippen molar-refractivity contribution in [2.45, 2.75) is 58.7 Å². The van der Waals surface area contributed by atoms with Gasteiger partial charge in [-0.1, -0.05) is 19.6 Å². The van der Waals surface area contributed by atoms with Crippen molar-refractivity contribution in [1.82, 2.24) is 0 Å². The topological polar surface area (TPSA) is 52.6 Å². The molecule has 4 nitrogen and oxygen atoms in total. The lowest BCUT2D eigenvalue weighted by Gasteiger charge is -2.40. The van der Waals surface area contributed by atoms with Gasteiger partial charge >= 0.3 is 11.9 Å². The average Bonchev–Trinajstić information content (AvgIpc) is 3.18. The van der Waals surface area contributed by atoms with E-state index in [4.69, 9.17) is 9.47 Å². The summed E-state index contributed by atoms with van der Waals surface area (Å²) in [5.74, 6) is 0.935. The van der Waals surface area contributed by atoms with Crippen molar-refractivity contribution < 1.29 is 19.1 Å². The van der Waals surface area contributed by atoms with Gasteiger partial charge in [-0.2, -0.15) is 0 Å². The van der Waals surface area contributed by atoms with E-state index in [0.29, 0.717) is 28.9 Å². The van der Waals surface area contributed by atoms with Gasteiger partial charge in [-0.05, 0) is 63.7 Å². The molecule has 0 amide bonds. The molecule has 0 aromatic carbocycles. The van der Waals surface area contributed by atoms with Crippen LogP contribution in [-0.4, -0.2) is 18.2 Å². The standard InChI is InChI=1S/C19H26O4/c1-11(2)16(20)22-18(23-17(21)12(3)4)19-9-8-13(10-19)14-6-5-7-15(14)19/h13-15,18H,1,3,5-10H2,2,4H3. The lowest BCUT2D eigenvalue weighted by molar-refractivity contribution is -0.214. The molecule has 23 heavy (non-hydrogen) atoms. The van der Waals surface area contributed by atoms with Crippen molar-refractivity contribution in [2.75, 3.05) is 0 Å². The molecule has 4 unspecified atom stereocenters. The Hall–Kier alpha value is -1.58. The van der Waals surface area contributed by atoms with Crippen molar-refractivity contribution in [3.8, 4) is 0 Å². The van der Waals surface area contributed by atoms with Gasteiger partial charge in [0.25, 0.3) is 6.29 Å².